The summed E-state index contributed by atoms with van der Waals surface area (Å²) in [6.07, 6.45) is 4.18. The predicted octanol–water partition coefficient (Wildman–Crippen LogP) is 4.26. The molecule has 0 bridgehead atoms. The van der Waals surface area contributed by atoms with Gasteiger partial charge < -0.3 is 24.4 Å². The third-order valence-corrected chi connectivity index (χ3v) is 6.19. The Morgan fingerprint density at radius 1 is 1.15 bits per heavy atom. The quantitative estimate of drug-likeness (QED) is 0.488. The van der Waals surface area contributed by atoms with Gasteiger partial charge in [-0.05, 0) is 37.1 Å². The fraction of sp³-hybridized carbons (Fsp3) is 0.304. The third-order valence-electron chi connectivity index (χ3n) is 6.19. The number of aromatic nitrogens is 2. The molecule has 1 amide bonds. The highest BCUT2D eigenvalue weighted by atomic mass is 16.7. The highest BCUT2D eigenvalue weighted by Crippen LogP contribution is 2.44. The summed E-state index contributed by atoms with van der Waals surface area (Å²) in [4.78, 5) is 46.0. The molecule has 1 unspecified atom stereocenters. The molecule has 1 aromatic carbocycles. The van der Waals surface area contributed by atoms with Crippen LogP contribution in [0.3, 0.4) is 0 Å². The number of H-pyrrole nitrogens is 1. The minimum atomic E-state index is -1.56. The van der Waals surface area contributed by atoms with Gasteiger partial charge in [-0.2, -0.15) is 0 Å². The number of nitrogens with one attached hydrogen (secondary N) is 1. The van der Waals surface area contributed by atoms with E-state index < -0.39 is 23.9 Å². The van der Waals surface area contributed by atoms with E-state index in [9.17, 15) is 19.5 Å². The van der Waals surface area contributed by atoms with Crippen molar-refractivity contribution in [2.75, 3.05) is 4.90 Å². The molecule has 3 heterocycles. The molecule has 1 aliphatic heterocycles. The van der Waals surface area contributed by atoms with Crippen LogP contribution in [0.15, 0.2) is 52.4 Å². The van der Waals surface area contributed by atoms with Gasteiger partial charge >= 0.3 is 6.16 Å². The van der Waals surface area contributed by atoms with Gasteiger partial charge in [-0.25, -0.2) is 9.78 Å². The maximum atomic E-state index is 13.5. The van der Waals surface area contributed by atoms with Gasteiger partial charge in [0.15, 0.2) is 11.5 Å². The summed E-state index contributed by atoms with van der Waals surface area (Å²) in [6.45, 7) is 0. The first-order valence-corrected chi connectivity index (χ1v) is 10.7. The molecule has 3 N–H and O–H groups in total. The molecule has 0 radical (unpaired) electrons. The molecular weight excluding hydrogens is 430 g/mol. The predicted molar refractivity (Wildman–Crippen MR) is 115 cm³/mol. The average molecular weight is 451 g/mol. The largest absolute Gasteiger partial charge is 0.513 e. The van der Waals surface area contributed by atoms with Crippen molar-refractivity contribution in [3.8, 4) is 5.95 Å². The topological polar surface area (TPSA) is 146 Å². The Labute approximate surface area is 187 Å². The van der Waals surface area contributed by atoms with E-state index >= 15 is 0 Å². The summed E-state index contributed by atoms with van der Waals surface area (Å²) in [5.74, 6) is -2.16. The van der Waals surface area contributed by atoms with Gasteiger partial charge in [-0.1, -0.05) is 19.3 Å². The minimum absolute atomic E-state index is 0.0483. The second-order valence-corrected chi connectivity index (χ2v) is 8.17. The number of rotatable bonds is 5. The number of benzene rings is 1. The molecular formula is C23H21N3O7. The number of fused-ring (bicyclic) bond motifs is 1. The van der Waals surface area contributed by atoms with Crippen LogP contribution in [0.1, 0.15) is 43.9 Å². The highest BCUT2D eigenvalue weighted by Gasteiger charge is 2.47. The maximum Gasteiger partial charge on any atom is 0.513 e. The van der Waals surface area contributed by atoms with Gasteiger partial charge in [-0.3, -0.25) is 14.5 Å². The fourth-order valence-corrected chi connectivity index (χ4v) is 4.67. The molecule has 5 rings (SSSR count). The molecule has 1 fully saturated rings. The average Bonchev–Trinajstić information content (AvgIpc) is 3.52. The van der Waals surface area contributed by atoms with E-state index in [4.69, 9.17) is 9.52 Å². The van der Waals surface area contributed by atoms with E-state index in [1.807, 2.05) is 0 Å². The second kappa shape index (κ2) is 8.12. The number of aromatic amines is 1. The van der Waals surface area contributed by atoms with E-state index in [0.717, 1.165) is 19.3 Å². The molecule has 33 heavy (non-hydrogen) atoms. The number of Topliss-reactive ketones (excluding diaryl/α,β-unsaturated/α-hetero) is 1. The summed E-state index contributed by atoms with van der Waals surface area (Å²) < 4.78 is 10.1. The molecule has 1 atom stereocenters. The number of ketones is 1. The van der Waals surface area contributed by atoms with Gasteiger partial charge in [0.1, 0.15) is 11.8 Å². The second-order valence-electron chi connectivity index (χ2n) is 8.17. The Morgan fingerprint density at radius 2 is 1.94 bits per heavy atom. The monoisotopic (exact) mass is 451 g/mol. The number of hydrogen-bond acceptors (Lipinski definition) is 7. The lowest BCUT2D eigenvalue weighted by Gasteiger charge is -2.27. The molecule has 3 aromatic rings. The van der Waals surface area contributed by atoms with Crippen molar-refractivity contribution in [3.05, 3.63) is 53.8 Å². The third kappa shape index (κ3) is 3.63. The van der Waals surface area contributed by atoms with Gasteiger partial charge in [0.2, 0.25) is 0 Å². The van der Waals surface area contributed by atoms with Gasteiger partial charge in [-0.15, -0.1) is 0 Å². The van der Waals surface area contributed by atoms with Crippen molar-refractivity contribution in [1.82, 2.24) is 9.97 Å². The number of furan rings is 1. The summed E-state index contributed by atoms with van der Waals surface area (Å²) in [6, 6.07) is 6.72. The van der Waals surface area contributed by atoms with Gasteiger partial charge in [0, 0.05) is 17.7 Å². The number of hydrogen-bond donors (Lipinski definition) is 3. The number of nitrogens with zero attached hydrogens (tertiary/aromatic N) is 2. The normalized spacial score (nSPS) is 19.5. The number of aliphatic hydroxyl groups excluding tert-OH is 1. The number of carboxylic acid groups (broad SMARTS) is 1. The molecule has 0 saturated heterocycles. The number of imidazole rings is 1. The van der Waals surface area contributed by atoms with Gasteiger partial charge in [0.05, 0.1) is 22.9 Å². The van der Waals surface area contributed by atoms with E-state index in [-0.39, 0.29) is 29.0 Å². The molecule has 2 aromatic heterocycles. The summed E-state index contributed by atoms with van der Waals surface area (Å²) in [5.41, 5.74) is 1.72. The Bertz CT molecular complexity index is 1280. The Balaban J connectivity index is 1.60. The molecule has 1 aliphatic carbocycles. The molecule has 0 spiro atoms. The van der Waals surface area contributed by atoms with Crippen molar-refractivity contribution in [3.63, 3.8) is 0 Å². The van der Waals surface area contributed by atoms with Crippen molar-refractivity contribution >= 4 is 34.6 Å². The Morgan fingerprint density at radius 3 is 2.70 bits per heavy atom. The van der Waals surface area contributed by atoms with Crippen molar-refractivity contribution in [2.24, 2.45) is 5.92 Å². The smallest absolute Gasteiger partial charge is 0.503 e. The van der Waals surface area contributed by atoms with Crippen LogP contribution in [0.4, 0.5) is 10.5 Å². The number of anilines is 1. The first-order chi connectivity index (χ1) is 15.9. The van der Waals surface area contributed by atoms with E-state index in [0.29, 0.717) is 29.6 Å². The fourth-order valence-electron chi connectivity index (χ4n) is 4.67. The molecule has 10 heteroatoms. The summed E-state index contributed by atoms with van der Waals surface area (Å²) >= 11 is 0. The van der Waals surface area contributed by atoms with Gasteiger partial charge in [0.25, 0.3) is 11.9 Å². The van der Waals surface area contributed by atoms with E-state index in [1.54, 1.807) is 18.2 Å². The molecule has 10 nitrogen and oxygen atoms in total. The Hall–Kier alpha value is -4.08. The van der Waals surface area contributed by atoms with E-state index in [2.05, 4.69) is 14.7 Å². The number of amides is 1. The van der Waals surface area contributed by atoms with Crippen LogP contribution in [-0.4, -0.2) is 38.0 Å². The van der Waals surface area contributed by atoms with Crippen LogP contribution in [0.5, 0.6) is 5.95 Å². The standard InChI is InChI=1S/C23H21N3O7/c27-20(12-4-2-1-3-5-12)18-19(16-8-9-17(32-16)33-23(30)31)26(22(29)21(18)28)13-6-7-14-15(10-13)25-11-24-14/h6-12,19,28H,1-5H2,(H,24,25)(H,30,31). The zero-order valence-electron chi connectivity index (χ0n) is 17.5. The van der Waals surface area contributed by atoms with Crippen LogP contribution in [0, 0.1) is 5.92 Å². The lowest BCUT2D eigenvalue weighted by Crippen LogP contribution is -2.31. The number of carbonyl (C=O) groups excluding carboxylic acids is 2. The summed E-state index contributed by atoms with van der Waals surface area (Å²) in [5, 5.41) is 19.7. The van der Waals surface area contributed by atoms with Crippen LogP contribution >= 0.6 is 0 Å². The zero-order chi connectivity index (χ0) is 23.1. The number of carbonyl (C=O) groups is 3. The van der Waals surface area contributed by atoms with Crippen molar-refractivity contribution in [1.29, 1.82) is 0 Å². The minimum Gasteiger partial charge on any atom is -0.503 e. The van der Waals surface area contributed by atoms with Crippen molar-refractivity contribution < 1.29 is 33.8 Å². The summed E-state index contributed by atoms with van der Waals surface area (Å²) in [7, 11) is 0. The van der Waals surface area contributed by atoms with Crippen molar-refractivity contribution in [2.45, 2.75) is 38.1 Å². The first kappa shape index (κ1) is 20.8. The highest BCUT2D eigenvalue weighted by molar-refractivity contribution is 6.17. The lowest BCUT2D eigenvalue weighted by atomic mass is 9.82. The maximum absolute atomic E-state index is 13.5. The SMILES string of the molecule is O=C(O)Oc1ccc(C2C(C(=O)C3CCCCC3)=C(O)C(=O)N2c2ccc3nc[nH]c3c2)o1. The molecule has 170 valence electrons. The molecule has 2 aliphatic rings. The van der Waals surface area contributed by atoms with Crippen LogP contribution in [0.25, 0.3) is 11.0 Å². The van der Waals surface area contributed by atoms with Crippen LogP contribution in [-0.2, 0) is 9.59 Å². The number of aliphatic hydroxyl groups is 1. The Kier molecular flexibility index (Phi) is 5.12. The van der Waals surface area contributed by atoms with Crippen LogP contribution in [0.2, 0.25) is 0 Å². The van der Waals surface area contributed by atoms with Crippen LogP contribution < -0.4 is 9.64 Å². The zero-order valence-corrected chi connectivity index (χ0v) is 17.5. The first-order valence-electron chi connectivity index (χ1n) is 10.7. The molecule has 1 saturated carbocycles. The lowest BCUT2D eigenvalue weighted by molar-refractivity contribution is -0.121. The van der Waals surface area contributed by atoms with E-state index in [1.165, 1.54) is 23.4 Å². The number of ether oxygens (including phenoxy) is 1.